The van der Waals surface area contributed by atoms with Crippen LogP contribution in [0.5, 0.6) is 17.2 Å². The van der Waals surface area contributed by atoms with Crippen LogP contribution in [-0.2, 0) is 4.79 Å². The summed E-state index contributed by atoms with van der Waals surface area (Å²) in [7, 11) is 1.59. The number of carbonyl (C=O) groups is 2. The molecule has 0 spiro atoms. The Balaban J connectivity index is 1.64. The average molecular weight is 425 g/mol. The monoisotopic (exact) mass is 424 g/mol. The van der Waals surface area contributed by atoms with E-state index in [4.69, 9.17) is 9.47 Å². The highest BCUT2D eigenvalue weighted by molar-refractivity contribution is 7.12. The van der Waals surface area contributed by atoms with E-state index in [1.165, 1.54) is 11.3 Å². The van der Waals surface area contributed by atoms with Crippen LogP contribution in [0, 0.1) is 5.92 Å². The molecule has 2 amide bonds. The lowest BCUT2D eigenvalue weighted by molar-refractivity contribution is -0.118. The molecule has 6 nitrogen and oxygen atoms in total. The van der Waals surface area contributed by atoms with Gasteiger partial charge in [-0.15, -0.1) is 11.3 Å². The number of carbonyl (C=O) groups excluding carboxylic acids is 2. The van der Waals surface area contributed by atoms with Gasteiger partial charge in [-0.25, -0.2) is 0 Å². The van der Waals surface area contributed by atoms with Gasteiger partial charge in [0.05, 0.1) is 12.0 Å². The Morgan fingerprint density at radius 3 is 2.23 bits per heavy atom. The molecule has 0 aliphatic heterocycles. The quantitative estimate of drug-likeness (QED) is 0.537. The van der Waals surface area contributed by atoms with Crippen LogP contribution in [0.1, 0.15) is 23.5 Å². The second-order valence-electron chi connectivity index (χ2n) is 6.94. The van der Waals surface area contributed by atoms with Crippen molar-refractivity contribution in [3.63, 3.8) is 0 Å². The van der Waals surface area contributed by atoms with Crippen molar-refractivity contribution in [1.82, 2.24) is 5.32 Å². The maximum Gasteiger partial charge on any atom is 0.262 e. The van der Waals surface area contributed by atoms with Gasteiger partial charge in [-0.05, 0) is 53.8 Å². The average Bonchev–Trinajstić information content (AvgIpc) is 3.28. The third-order valence-electron chi connectivity index (χ3n) is 4.40. The molecule has 1 atom stereocenters. The molecule has 7 heteroatoms. The van der Waals surface area contributed by atoms with E-state index < -0.39 is 6.04 Å². The molecule has 0 saturated carbocycles. The number of thiophene rings is 1. The number of hydrogen-bond donors (Lipinski definition) is 2. The van der Waals surface area contributed by atoms with Crippen LogP contribution in [0.4, 0.5) is 5.69 Å². The van der Waals surface area contributed by atoms with E-state index in [-0.39, 0.29) is 17.7 Å². The van der Waals surface area contributed by atoms with Crippen molar-refractivity contribution in [2.45, 2.75) is 19.9 Å². The highest BCUT2D eigenvalue weighted by atomic mass is 32.1. The molecule has 0 bridgehead atoms. The fraction of sp³-hybridized carbons (Fsp3) is 0.217. The number of benzene rings is 2. The van der Waals surface area contributed by atoms with Crippen LogP contribution >= 0.6 is 11.3 Å². The van der Waals surface area contributed by atoms with Gasteiger partial charge in [-0.1, -0.05) is 32.0 Å². The summed E-state index contributed by atoms with van der Waals surface area (Å²) in [6.45, 7) is 3.78. The number of amides is 2. The maximum atomic E-state index is 12.7. The van der Waals surface area contributed by atoms with Crippen molar-refractivity contribution in [2.75, 3.05) is 12.4 Å². The molecule has 2 aromatic carbocycles. The summed E-state index contributed by atoms with van der Waals surface area (Å²) in [6, 6.07) is 17.3. The molecule has 1 unspecified atom stereocenters. The number of rotatable bonds is 8. The molecule has 3 rings (SSSR count). The molecule has 1 aromatic heterocycles. The minimum Gasteiger partial charge on any atom is -0.493 e. The van der Waals surface area contributed by atoms with Crippen molar-refractivity contribution in [2.24, 2.45) is 5.92 Å². The molecule has 0 aliphatic rings. The summed E-state index contributed by atoms with van der Waals surface area (Å²) in [5.74, 6) is 1.27. The molecule has 0 aliphatic carbocycles. The zero-order valence-corrected chi connectivity index (χ0v) is 17.9. The Morgan fingerprint density at radius 1 is 0.933 bits per heavy atom. The minimum atomic E-state index is -0.649. The van der Waals surface area contributed by atoms with Gasteiger partial charge in [-0.2, -0.15) is 0 Å². The lowest BCUT2D eigenvalue weighted by Crippen LogP contribution is -2.46. The van der Waals surface area contributed by atoms with Crippen molar-refractivity contribution in [3.05, 3.63) is 70.9 Å². The number of ether oxygens (including phenoxy) is 2. The van der Waals surface area contributed by atoms with Crippen molar-refractivity contribution >= 4 is 28.8 Å². The second-order valence-corrected chi connectivity index (χ2v) is 7.89. The number of anilines is 1. The van der Waals surface area contributed by atoms with Gasteiger partial charge in [0.2, 0.25) is 5.91 Å². The van der Waals surface area contributed by atoms with E-state index in [1.54, 1.807) is 43.5 Å². The Bertz CT molecular complexity index is 985. The molecule has 156 valence electrons. The van der Waals surface area contributed by atoms with Gasteiger partial charge in [0.1, 0.15) is 11.8 Å². The molecule has 3 aromatic rings. The number of hydrogen-bond acceptors (Lipinski definition) is 5. The van der Waals surface area contributed by atoms with Crippen LogP contribution in [0.15, 0.2) is 66.0 Å². The van der Waals surface area contributed by atoms with Gasteiger partial charge < -0.3 is 20.1 Å². The molecule has 0 radical (unpaired) electrons. The van der Waals surface area contributed by atoms with Crippen LogP contribution < -0.4 is 20.1 Å². The van der Waals surface area contributed by atoms with Crippen LogP contribution in [-0.4, -0.2) is 25.0 Å². The largest absolute Gasteiger partial charge is 0.493 e. The molecule has 30 heavy (non-hydrogen) atoms. The van der Waals surface area contributed by atoms with E-state index in [0.29, 0.717) is 27.8 Å². The van der Waals surface area contributed by atoms with Crippen LogP contribution in [0.2, 0.25) is 0 Å². The Labute approximate surface area is 179 Å². The molecule has 2 N–H and O–H groups in total. The number of para-hydroxylation sites is 2. The summed E-state index contributed by atoms with van der Waals surface area (Å²) >= 11 is 1.34. The van der Waals surface area contributed by atoms with Gasteiger partial charge >= 0.3 is 0 Å². The third-order valence-corrected chi connectivity index (χ3v) is 5.27. The Morgan fingerprint density at radius 2 is 1.63 bits per heavy atom. The Kier molecular flexibility index (Phi) is 7.08. The minimum absolute atomic E-state index is 0.0675. The summed E-state index contributed by atoms with van der Waals surface area (Å²) < 4.78 is 11.1. The summed E-state index contributed by atoms with van der Waals surface area (Å²) in [4.78, 5) is 25.7. The first-order valence-electron chi connectivity index (χ1n) is 9.54. The summed E-state index contributed by atoms with van der Waals surface area (Å²) in [5, 5.41) is 7.50. The van der Waals surface area contributed by atoms with Crippen molar-refractivity contribution < 1.29 is 19.1 Å². The summed E-state index contributed by atoms with van der Waals surface area (Å²) in [5.41, 5.74) is 0.614. The van der Waals surface area contributed by atoms with Crippen molar-refractivity contribution in [3.8, 4) is 17.2 Å². The molecular weight excluding hydrogens is 400 g/mol. The standard InChI is InChI=1S/C23H24N2O4S/c1-15(2)21(25-22(26)20-9-6-14-30-20)23(27)24-16-10-12-17(13-11-16)29-19-8-5-4-7-18(19)28-3/h4-15,21H,1-3H3,(H,24,27)(H,25,26). The van der Waals surface area contributed by atoms with E-state index in [9.17, 15) is 9.59 Å². The summed E-state index contributed by atoms with van der Waals surface area (Å²) in [6.07, 6.45) is 0. The fourth-order valence-electron chi connectivity index (χ4n) is 2.81. The second kappa shape index (κ2) is 9.93. The lowest BCUT2D eigenvalue weighted by Gasteiger charge is -2.21. The van der Waals surface area contributed by atoms with E-state index in [2.05, 4.69) is 10.6 Å². The van der Waals surface area contributed by atoms with Gasteiger partial charge in [0.15, 0.2) is 11.5 Å². The Hall–Kier alpha value is -3.32. The molecular formula is C23H24N2O4S. The molecule has 0 fully saturated rings. The fourth-order valence-corrected chi connectivity index (χ4v) is 3.44. The first kappa shape index (κ1) is 21.4. The van der Waals surface area contributed by atoms with Crippen LogP contribution in [0.3, 0.4) is 0 Å². The predicted molar refractivity (Wildman–Crippen MR) is 119 cm³/mol. The maximum absolute atomic E-state index is 12.7. The van der Waals surface area contributed by atoms with Gasteiger partial charge in [0, 0.05) is 5.69 Å². The first-order valence-corrected chi connectivity index (χ1v) is 10.4. The van der Waals surface area contributed by atoms with E-state index in [0.717, 1.165) is 0 Å². The smallest absolute Gasteiger partial charge is 0.262 e. The molecule has 0 saturated heterocycles. The van der Waals surface area contributed by atoms with Gasteiger partial charge in [-0.3, -0.25) is 9.59 Å². The zero-order chi connectivity index (χ0) is 21.5. The van der Waals surface area contributed by atoms with E-state index >= 15 is 0 Å². The highest BCUT2D eigenvalue weighted by Gasteiger charge is 2.25. The van der Waals surface area contributed by atoms with Crippen LogP contribution in [0.25, 0.3) is 0 Å². The normalized spacial score (nSPS) is 11.6. The topological polar surface area (TPSA) is 76.7 Å². The highest BCUT2D eigenvalue weighted by Crippen LogP contribution is 2.31. The third kappa shape index (κ3) is 5.39. The predicted octanol–water partition coefficient (Wildman–Crippen LogP) is 4.94. The lowest BCUT2D eigenvalue weighted by atomic mass is 10.0. The number of methoxy groups -OCH3 is 1. The first-order chi connectivity index (χ1) is 14.5. The van der Waals surface area contributed by atoms with Gasteiger partial charge in [0.25, 0.3) is 5.91 Å². The molecule has 1 heterocycles. The SMILES string of the molecule is COc1ccccc1Oc1ccc(NC(=O)C(NC(=O)c2cccs2)C(C)C)cc1. The zero-order valence-electron chi connectivity index (χ0n) is 17.0. The van der Waals surface area contributed by atoms with Crippen molar-refractivity contribution in [1.29, 1.82) is 0 Å². The van der Waals surface area contributed by atoms with E-state index in [1.807, 2.05) is 43.5 Å². The number of nitrogens with one attached hydrogen (secondary N) is 2.